The third kappa shape index (κ3) is 5.03. The number of aromatic nitrogens is 3. The van der Waals surface area contributed by atoms with Gasteiger partial charge in [-0.2, -0.15) is 13.2 Å². The van der Waals surface area contributed by atoms with E-state index in [1.165, 1.54) is 6.07 Å². The van der Waals surface area contributed by atoms with Gasteiger partial charge in [-0.3, -0.25) is 0 Å². The highest BCUT2D eigenvalue weighted by Crippen LogP contribution is 2.31. The van der Waals surface area contributed by atoms with Crippen molar-refractivity contribution < 1.29 is 18.3 Å². The summed E-state index contributed by atoms with van der Waals surface area (Å²) in [7, 11) is 0. The van der Waals surface area contributed by atoms with E-state index in [-0.39, 0.29) is 6.04 Å². The van der Waals surface area contributed by atoms with Crippen LogP contribution in [0.2, 0.25) is 0 Å². The highest BCUT2D eigenvalue weighted by Gasteiger charge is 2.31. The van der Waals surface area contributed by atoms with Crippen LogP contribution in [0.4, 0.5) is 19.0 Å². The number of fused-ring (bicyclic) bond motifs is 1. The molecule has 34 heavy (non-hydrogen) atoms. The van der Waals surface area contributed by atoms with Crippen molar-refractivity contribution in [3.8, 4) is 11.1 Å². The van der Waals surface area contributed by atoms with E-state index in [0.717, 1.165) is 45.9 Å². The molecule has 1 aliphatic heterocycles. The molecular formula is C24H22F3N5OS. The molecule has 3 N–H and O–H groups in total. The van der Waals surface area contributed by atoms with E-state index in [1.54, 1.807) is 11.9 Å². The van der Waals surface area contributed by atoms with Crippen molar-refractivity contribution in [2.24, 2.45) is 0 Å². The highest BCUT2D eigenvalue weighted by atomic mass is 32.2. The molecule has 2 atom stereocenters. The van der Waals surface area contributed by atoms with Crippen LogP contribution in [0.5, 0.6) is 0 Å². The summed E-state index contributed by atoms with van der Waals surface area (Å²) in [4.78, 5) is 12.4. The van der Waals surface area contributed by atoms with Crippen LogP contribution in [0.1, 0.15) is 12.0 Å². The Kier molecular flexibility index (Phi) is 6.20. The first-order valence-corrected chi connectivity index (χ1v) is 11.6. The van der Waals surface area contributed by atoms with Gasteiger partial charge in [0.15, 0.2) is 0 Å². The third-order valence-electron chi connectivity index (χ3n) is 5.79. The Morgan fingerprint density at radius 3 is 2.56 bits per heavy atom. The van der Waals surface area contributed by atoms with Crippen molar-refractivity contribution in [1.29, 1.82) is 0 Å². The largest absolute Gasteiger partial charge is 0.417 e. The zero-order valence-corrected chi connectivity index (χ0v) is 18.8. The fourth-order valence-corrected chi connectivity index (χ4v) is 4.93. The Balaban J connectivity index is 1.17. The maximum atomic E-state index is 12.7. The van der Waals surface area contributed by atoms with Gasteiger partial charge in [0.25, 0.3) is 0 Å². The maximum absolute atomic E-state index is 12.7. The van der Waals surface area contributed by atoms with Crippen LogP contribution in [0, 0.1) is 0 Å². The highest BCUT2D eigenvalue weighted by molar-refractivity contribution is 7.97. The van der Waals surface area contributed by atoms with Crippen LogP contribution in [0.3, 0.4) is 0 Å². The number of β-amino-alcohol motifs (C(OH)–C–C–N with tert-alkyl or cyclic N) is 1. The molecule has 10 heteroatoms. The van der Waals surface area contributed by atoms with Gasteiger partial charge in [-0.1, -0.05) is 12.1 Å². The number of aliphatic hydroxyl groups excluding tert-OH is 1. The van der Waals surface area contributed by atoms with Gasteiger partial charge in [-0.05, 0) is 60.3 Å². The van der Waals surface area contributed by atoms with Crippen LogP contribution < -0.4 is 5.32 Å². The summed E-state index contributed by atoms with van der Waals surface area (Å²) >= 11 is 1.57. The Morgan fingerprint density at radius 1 is 1.03 bits per heavy atom. The lowest BCUT2D eigenvalue weighted by Crippen LogP contribution is -2.47. The van der Waals surface area contributed by atoms with Crippen molar-refractivity contribution in [3.05, 3.63) is 72.7 Å². The summed E-state index contributed by atoms with van der Waals surface area (Å²) in [6, 6.07) is 14.3. The SMILES string of the molecule is OC1CN(Sc2ccc(-c3cnc4[nH]ccc4c3)cc2)CCC1Nc1ccc(C(F)(F)F)cn1. The molecule has 4 heterocycles. The number of hydrogen-bond donors (Lipinski definition) is 3. The van der Waals surface area contributed by atoms with Crippen LogP contribution in [0.15, 0.2) is 72.0 Å². The van der Waals surface area contributed by atoms with E-state index in [9.17, 15) is 18.3 Å². The van der Waals surface area contributed by atoms with Crippen molar-refractivity contribution >= 4 is 28.8 Å². The van der Waals surface area contributed by atoms with E-state index in [2.05, 4.69) is 42.8 Å². The fourth-order valence-electron chi connectivity index (χ4n) is 3.95. The zero-order valence-electron chi connectivity index (χ0n) is 18.0. The molecule has 3 aromatic heterocycles. The minimum Gasteiger partial charge on any atom is -0.390 e. The number of piperidine rings is 1. The van der Waals surface area contributed by atoms with Crippen molar-refractivity contribution in [2.75, 3.05) is 18.4 Å². The number of hydrogen-bond acceptors (Lipinski definition) is 6. The molecule has 6 nitrogen and oxygen atoms in total. The maximum Gasteiger partial charge on any atom is 0.417 e. The number of H-pyrrole nitrogens is 1. The molecule has 0 bridgehead atoms. The monoisotopic (exact) mass is 485 g/mol. The average Bonchev–Trinajstić information content (AvgIpc) is 3.29. The number of nitrogens with zero attached hydrogens (tertiary/aromatic N) is 3. The standard InChI is InChI=1S/C24H22F3N5OS/c25-24(26,27)18-3-6-22(29-13-18)31-20-8-10-32(14-21(20)33)34-19-4-1-15(2-5-19)17-11-16-7-9-28-23(16)30-12-17/h1-7,9,11-13,20-21,33H,8,10,14H2,(H,28,30)(H,29,31). The summed E-state index contributed by atoms with van der Waals surface area (Å²) in [5.74, 6) is 0.320. The van der Waals surface area contributed by atoms with Crippen molar-refractivity contribution in [2.45, 2.75) is 29.6 Å². The summed E-state index contributed by atoms with van der Waals surface area (Å²) in [6.07, 6.45) is 0.0597. The number of aromatic amines is 1. The molecule has 5 rings (SSSR count). The lowest BCUT2D eigenvalue weighted by Gasteiger charge is -2.35. The number of halogens is 3. The molecule has 1 saturated heterocycles. The molecule has 0 aliphatic carbocycles. The summed E-state index contributed by atoms with van der Waals surface area (Å²) in [5, 5.41) is 14.7. The summed E-state index contributed by atoms with van der Waals surface area (Å²) < 4.78 is 40.2. The Morgan fingerprint density at radius 2 is 1.85 bits per heavy atom. The second-order valence-corrected chi connectivity index (χ2v) is 9.35. The molecule has 176 valence electrons. The topological polar surface area (TPSA) is 77.1 Å². The molecule has 2 unspecified atom stereocenters. The second-order valence-electron chi connectivity index (χ2n) is 8.18. The molecule has 1 fully saturated rings. The predicted octanol–water partition coefficient (Wildman–Crippen LogP) is 5.20. The van der Waals surface area contributed by atoms with Gasteiger partial charge < -0.3 is 15.4 Å². The molecular weight excluding hydrogens is 463 g/mol. The second kappa shape index (κ2) is 9.28. The van der Waals surface area contributed by atoms with E-state index in [1.807, 2.05) is 30.6 Å². The fraction of sp³-hybridized carbons (Fsp3) is 0.250. The average molecular weight is 486 g/mol. The normalized spacial score (nSPS) is 19.4. The number of anilines is 1. The molecule has 4 aromatic rings. The minimum atomic E-state index is -4.42. The minimum absolute atomic E-state index is 0.278. The molecule has 1 aliphatic rings. The first-order chi connectivity index (χ1) is 16.3. The Labute approximate surface area is 198 Å². The van der Waals surface area contributed by atoms with Crippen LogP contribution in [-0.2, 0) is 6.18 Å². The lowest BCUT2D eigenvalue weighted by molar-refractivity contribution is -0.137. The van der Waals surface area contributed by atoms with Gasteiger partial charge in [-0.15, -0.1) is 0 Å². The number of alkyl halides is 3. The van der Waals surface area contributed by atoms with Crippen LogP contribution in [-0.4, -0.2) is 49.6 Å². The zero-order chi connectivity index (χ0) is 23.7. The molecule has 0 amide bonds. The van der Waals surface area contributed by atoms with E-state index < -0.39 is 17.8 Å². The molecule has 1 aromatic carbocycles. The summed E-state index contributed by atoms with van der Waals surface area (Å²) in [5.41, 5.74) is 2.19. The van der Waals surface area contributed by atoms with Gasteiger partial charge in [0.05, 0.1) is 17.7 Å². The predicted molar refractivity (Wildman–Crippen MR) is 126 cm³/mol. The Hall–Kier alpha value is -3.08. The van der Waals surface area contributed by atoms with E-state index >= 15 is 0 Å². The quantitative estimate of drug-likeness (QED) is 0.338. The van der Waals surface area contributed by atoms with Crippen LogP contribution >= 0.6 is 11.9 Å². The third-order valence-corrected chi connectivity index (χ3v) is 6.86. The van der Waals surface area contributed by atoms with E-state index in [0.29, 0.717) is 18.8 Å². The van der Waals surface area contributed by atoms with Gasteiger partial charge in [0.2, 0.25) is 0 Å². The summed E-state index contributed by atoms with van der Waals surface area (Å²) in [6.45, 7) is 1.15. The van der Waals surface area contributed by atoms with Gasteiger partial charge in [0.1, 0.15) is 11.5 Å². The number of aliphatic hydroxyl groups is 1. The van der Waals surface area contributed by atoms with Gasteiger partial charge in [0, 0.05) is 47.5 Å². The number of rotatable bonds is 5. The molecule has 0 radical (unpaired) electrons. The number of pyridine rings is 2. The van der Waals surface area contributed by atoms with Gasteiger partial charge >= 0.3 is 6.18 Å². The molecule has 0 spiro atoms. The smallest absolute Gasteiger partial charge is 0.390 e. The van der Waals surface area contributed by atoms with Crippen LogP contribution in [0.25, 0.3) is 22.2 Å². The number of benzene rings is 1. The van der Waals surface area contributed by atoms with Crippen molar-refractivity contribution in [1.82, 2.24) is 19.3 Å². The lowest BCUT2D eigenvalue weighted by atomic mass is 10.0. The number of nitrogens with one attached hydrogen (secondary N) is 2. The van der Waals surface area contributed by atoms with E-state index in [4.69, 9.17) is 0 Å². The first-order valence-electron chi connectivity index (χ1n) is 10.8. The first kappa shape index (κ1) is 22.7. The molecule has 0 saturated carbocycles. The van der Waals surface area contributed by atoms with Gasteiger partial charge in [-0.25, -0.2) is 14.3 Å². The Bertz CT molecular complexity index is 1260. The van der Waals surface area contributed by atoms with Crippen molar-refractivity contribution in [3.63, 3.8) is 0 Å².